The Labute approximate surface area is 77.2 Å². The predicted molar refractivity (Wildman–Crippen MR) is 51.1 cm³/mol. The van der Waals surface area contributed by atoms with Crippen LogP contribution in [0.2, 0.25) is 0 Å². The zero-order valence-electron chi connectivity index (χ0n) is 7.07. The summed E-state index contributed by atoms with van der Waals surface area (Å²) in [5, 5.41) is 1.86. The Hall–Kier alpha value is -0.350. The Morgan fingerprint density at radius 3 is 2.67 bits per heavy atom. The van der Waals surface area contributed by atoms with Crippen molar-refractivity contribution in [3.63, 3.8) is 0 Å². The van der Waals surface area contributed by atoms with E-state index < -0.39 is 9.84 Å². The zero-order valence-corrected chi connectivity index (χ0v) is 8.71. The smallest absolute Gasteiger partial charge is 0.184 e. The van der Waals surface area contributed by atoms with Gasteiger partial charge in [-0.25, -0.2) is 8.42 Å². The average Bonchev–Trinajstić information content (AvgIpc) is 2.35. The van der Waals surface area contributed by atoms with E-state index in [2.05, 4.69) is 0 Å². The third-order valence-corrected chi connectivity index (χ3v) is 4.19. The van der Waals surface area contributed by atoms with Crippen LogP contribution in [0.15, 0.2) is 15.7 Å². The van der Waals surface area contributed by atoms with Crippen LogP contribution in [0.4, 0.5) is 0 Å². The fourth-order valence-electron chi connectivity index (χ4n) is 0.867. The molecule has 0 N–H and O–H groups in total. The van der Waals surface area contributed by atoms with Crippen molar-refractivity contribution in [1.82, 2.24) is 0 Å². The molecule has 0 aliphatic carbocycles. The zero-order chi connectivity index (χ0) is 9.19. The van der Waals surface area contributed by atoms with Crippen molar-refractivity contribution in [2.24, 2.45) is 0 Å². The SMILES string of the molecule is CC[CH]c1csc(S(C)(=O)=O)c1. The molecule has 0 aromatic carbocycles. The minimum atomic E-state index is -3.00. The highest BCUT2D eigenvalue weighted by atomic mass is 32.2. The van der Waals surface area contributed by atoms with Gasteiger partial charge in [0, 0.05) is 6.26 Å². The van der Waals surface area contributed by atoms with Gasteiger partial charge in [-0.1, -0.05) is 6.92 Å². The van der Waals surface area contributed by atoms with Gasteiger partial charge in [-0.05, 0) is 29.9 Å². The Balaban J connectivity index is 2.92. The normalized spacial score (nSPS) is 11.8. The van der Waals surface area contributed by atoms with Gasteiger partial charge in [0.1, 0.15) is 4.21 Å². The first-order chi connectivity index (χ1) is 5.54. The quantitative estimate of drug-likeness (QED) is 0.754. The molecule has 0 bridgehead atoms. The molecule has 0 fully saturated rings. The molecule has 1 heterocycles. The molecule has 1 rings (SSSR count). The minimum absolute atomic E-state index is 0.446. The molecule has 2 nitrogen and oxygen atoms in total. The third-order valence-electron chi connectivity index (χ3n) is 1.40. The topological polar surface area (TPSA) is 34.1 Å². The van der Waals surface area contributed by atoms with Gasteiger partial charge in [0.25, 0.3) is 0 Å². The summed E-state index contributed by atoms with van der Waals surface area (Å²) in [5.41, 5.74) is 1.00. The minimum Gasteiger partial charge on any atom is -0.223 e. The van der Waals surface area contributed by atoms with Crippen molar-refractivity contribution in [2.45, 2.75) is 17.6 Å². The fourth-order valence-corrected chi connectivity index (χ4v) is 2.68. The number of thiophene rings is 1. The van der Waals surface area contributed by atoms with Crippen LogP contribution in [0, 0.1) is 6.42 Å². The Morgan fingerprint density at radius 1 is 1.58 bits per heavy atom. The molecule has 1 radical (unpaired) electrons. The Morgan fingerprint density at radius 2 is 2.25 bits per heavy atom. The number of hydrogen-bond donors (Lipinski definition) is 0. The van der Waals surface area contributed by atoms with Crippen LogP contribution in [0.1, 0.15) is 18.9 Å². The maximum Gasteiger partial charge on any atom is 0.184 e. The van der Waals surface area contributed by atoms with E-state index in [4.69, 9.17) is 0 Å². The van der Waals surface area contributed by atoms with Crippen molar-refractivity contribution in [2.75, 3.05) is 6.26 Å². The number of sulfone groups is 1. The van der Waals surface area contributed by atoms with Crippen LogP contribution in [-0.4, -0.2) is 14.7 Å². The summed E-state index contributed by atoms with van der Waals surface area (Å²) >= 11 is 1.28. The van der Waals surface area contributed by atoms with E-state index in [9.17, 15) is 8.42 Å². The summed E-state index contributed by atoms with van der Waals surface area (Å²) in [6.07, 6.45) is 4.17. The highest BCUT2D eigenvalue weighted by Crippen LogP contribution is 2.21. The lowest BCUT2D eigenvalue weighted by Crippen LogP contribution is -1.92. The van der Waals surface area contributed by atoms with Gasteiger partial charge in [-0.2, -0.15) is 0 Å². The molecular formula is C8H11O2S2. The van der Waals surface area contributed by atoms with E-state index >= 15 is 0 Å². The lowest BCUT2D eigenvalue weighted by molar-refractivity contribution is 0.604. The highest BCUT2D eigenvalue weighted by molar-refractivity contribution is 7.92. The first kappa shape index (κ1) is 9.74. The van der Waals surface area contributed by atoms with Gasteiger partial charge in [0.2, 0.25) is 0 Å². The van der Waals surface area contributed by atoms with Gasteiger partial charge in [0.15, 0.2) is 9.84 Å². The van der Waals surface area contributed by atoms with Gasteiger partial charge < -0.3 is 0 Å². The predicted octanol–water partition coefficient (Wildman–Crippen LogP) is 2.11. The Kier molecular flexibility index (Phi) is 2.90. The first-order valence-electron chi connectivity index (χ1n) is 3.66. The van der Waals surface area contributed by atoms with E-state index in [0.717, 1.165) is 12.0 Å². The van der Waals surface area contributed by atoms with Crippen molar-refractivity contribution in [3.8, 4) is 0 Å². The summed E-state index contributed by atoms with van der Waals surface area (Å²) in [6.45, 7) is 2.03. The maximum absolute atomic E-state index is 11.0. The molecular weight excluding hydrogens is 192 g/mol. The van der Waals surface area contributed by atoms with Gasteiger partial charge in [-0.15, -0.1) is 11.3 Å². The summed E-state index contributed by atoms with van der Waals surface area (Å²) in [4.78, 5) is 0. The molecule has 67 valence electrons. The van der Waals surface area contributed by atoms with Crippen LogP contribution in [-0.2, 0) is 9.84 Å². The van der Waals surface area contributed by atoms with Crippen molar-refractivity contribution in [1.29, 1.82) is 0 Å². The first-order valence-corrected chi connectivity index (χ1v) is 6.43. The van der Waals surface area contributed by atoms with Crippen LogP contribution >= 0.6 is 11.3 Å². The van der Waals surface area contributed by atoms with E-state index in [1.807, 2.05) is 18.7 Å². The molecule has 0 spiro atoms. The van der Waals surface area contributed by atoms with Crippen LogP contribution in [0.5, 0.6) is 0 Å². The van der Waals surface area contributed by atoms with Crippen molar-refractivity contribution in [3.05, 3.63) is 23.4 Å². The molecule has 0 saturated heterocycles. The van der Waals surface area contributed by atoms with Gasteiger partial charge >= 0.3 is 0 Å². The molecule has 1 aromatic heterocycles. The van der Waals surface area contributed by atoms with E-state index in [1.54, 1.807) is 6.07 Å². The summed E-state index contributed by atoms with van der Waals surface area (Å²) in [5.74, 6) is 0. The molecule has 0 aliphatic rings. The van der Waals surface area contributed by atoms with Crippen molar-refractivity contribution >= 4 is 21.2 Å². The number of hydrogen-bond acceptors (Lipinski definition) is 3. The van der Waals surface area contributed by atoms with Crippen LogP contribution < -0.4 is 0 Å². The molecule has 1 aromatic rings. The van der Waals surface area contributed by atoms with Crippen molar-refractivity contribution < 1.29 is 8.42 Å². The second-order valence-electron chi connectivity index (χ2n) is 2.58. The summed E-state index contributed by atoms with van der Waals surface area (Å²) < 4.78 is 22.5. The lowest BCUT2D eigenvalue weighted by atomic mass is 10.2. The lowest BCUT2D eigenvalue weighted by Gasteiger charge is -1.89. The number of rotatable bonds is 3. The highest BCUT2D eigenvalue weighted by Gasteiger charge is 2.09. The second kappa shape index (κ2) is 3.58. The molecule has 0 unspecified atom stereocenters. The molecule has 0 atom stereocenters. The summed E-state index contributed by atoms with van der Waals surface area (Å²) in [6, 6.07) is 1.71. The fraction of sp³-hybridized carbons (Fsp3) is 0.375. The standard InChI is InChI=1S/C8H11O2S2/c1-3-4-7-5-8(11-6-7)12(2,9)10/h4-6H,3H2,1-2H3. The van der Waals surface area contributed by atoms with Crippen LogP contribution in [0.25, 0.3) is 0 Å². The van der Waals surface area contributed by atoms with Crippen LogP contribution in [0.3, 0.4) is 0 Å². The van der Waals surface area contributed by atoms with Gasteiger partial charge in [0.05, 0.1) is 0 Å². The third kappa shape index (κ3) is 2.32. The largest absolute Gasteiger partial charge is 0.223 e. The molecule has 12 heavy (non-hydrogen) atoms. The maximum atomic E-state index is 11.0. The molecule has 0 aliphatic heterocycles. The second-order valence-corrected chi connectivity index (χ2v) is 5.74. The van der Waals surface area contributed by atoms with E-state index in [0.29, 0.717) is 4.21 Å². The molecule has 0 saturated carbocycles. The monoisotopic (exact) mass is 203 g/mol. The van der Waals surface area contributed by atoms with Gasteiger partial charge in [-0.3, -0.25) is 0 Å². The molecule has 4 heteroatoms. The summed E-state index contributed by atoms with van der Waals surface area (Å²) in [7, 11) is -3.00. The van der Waals surface area contributed by atoms with E-state index in [1.165, 1.54) is 17.6 Å². The molecule has 0 amide bonds. The Bertz CT molecular complexity index is 349. The average molecular weight is 203 g/mol. The van der Waals surface area contributed by atoms with E-state index in [-0.39, 0.29) is 0 Å².